The van der Waals surface area contributed by atoms with Crippen molar-refractivity contribution in [3.8, 4) is 23.0 Å². The van der Waals surface area contributed by atoms with E-state index >= 15 is 0 Å². The summed E-state index contributed by atoms with van der Waals surface area (Å²) in [7, 11) is 5.42. The maximum Gasteiger partial charge on any atom is 0.421 e. The van der Waals surface area contributed by atoms with Gasteiger partial charge in [0.15, 0.2) is 11.5 Å². The third kappa shape index (κ3) is 8.93. The van der Waals surface area contributed by atoms with Crippen LogP contribution in [0.15, 0.2) is 79.3 Å². The molecular weight excluding hydrogens is 608 g/mol. The van der Waals surface area contributed by atoms with Crippen molar-refractivity contribution < 1.29 is 23.7 Å². The predicted octanol–water partition coefficient (Wildman–Crippen LogP) is 5.99. The van der Waals surface area contributed by atoms with E-state index in [2.05, 4.69) is 32.1 Å². The smallest absolute Gasteiger partial charge is 0.421 e. The number of hydrogen-bond acceptors (Lipinski definition) is 10. The molecular formula is C37H46N6O5. The van der Waals surface area contributed by atoms with Crippen LogP contribution in [0, 0.1) is 13.8 Å². The van der Waals surface area contributed by atoms with E-state index < -0.39 is 12.1 Å². The molecule has 0 radical (unpaired) electrons. The summed E-state index contributed by atoms with van der Waals surface area (Å²) in [5, 5.41) is 3.51. The molecule has 1 aliphatic heterocycles. The molecule has 1 amide bonds. The van der Waals surface area contributed by atoms with Crippen LogP contribution >= 0.6 is 0 Å². The average molecular weight is 655 g/mol. The number of ether oxygens (including phenoxy) is 4. The summed E-state index contributed by atoms with van der Waals surface area (Å²) in [5.74, 6) is 2.89. The van der Waals surface area contributed by atoms with Crippen LogP contribution in [0.4, 0.5) is 16.3 Å². The number of aromatic nitrogens is 2. The van der Waals surface area contributed by atoms with Gasteiger partial charge in [0.2, 0.25) is 0 Å². The Labute approximate surface area is 283 Å². The molecule has 4 aromatic rings. The highest BCUT2D eigenvalue weighted by atomic mass is 16.6. The van der Waals surface area contributed by atoms with Gasteiger partial charge < -0.3 is 34.1 Å². The minimum atomic E-state index is -0.571. The lowest BCUT2D eigenvalue weighted by Gasteiger charge is -2.32. The van der Waals surface area contributed by atoms with Crippen molar-refractivity contribution in [2.24, 2.45) is 0 Å². The summed E-state index contributed by atoms with van der Waals surface area (Å²) in [5.41, 5.74) is 3.34. The number of hydrogen-bond donors (Lipinski definition) is 1. The van der Waals surface area contributed by atoms with Gasteiger partial charge in [-0.05, 0) is 74.3 Å². The van der Waals surface area contributed by atoms with Crippen LogP contribution < -0.4 is 29.2 Å². The van der Waals surface area contributed by atoms with E-state index in [1.807, 2.05) is 74.5 Å². The summed E-state index contributed by atoms with van der Waals surface area (Å²) in [4.78, 5) is 29.0. The van der Waals surface area contributed by atoms with Crippen LogP contribution in [0.5, 0.6) is 23.0 Å². The molecule has 48 heavy (non-hydrogen) atoms. The summed E-state index contributed by atoms with van der Waals surface area (Å²) in [6.07, 6.45) is 3.39. The standard InChI is InChI=1S/C37H46N6O5/c1-27-9-6-10-28(2)36(27)48-37(44)43(35-15-16-38-26-40-35)32(29-11-7-12-31(23-29)45-4)25-39-30-13-14-33(34(24-30)46-5)47-22-8-17-42-20-18-41(3)19-21-42/h6-7,9-16,23-24,26,32,39H,8,17-22,25H2,1-5H3/t32-/m1/s1. The zero-order valence-electron chi connectivity index (χ0n) is 28.5. The summed E-state index contributed by atoms with van der Waals surface area (Å²) >= 11 is 0. The number of methoxy groups -OCH3 is 2. The maximum atomic E-state index is 14.1. The molecule has 1 fully saturated rings. The van der Waals surface area contributed by atoms with E-state index in [-0.39, 0.29) is 0 Å². The minimum absolute atomic E-state index is 0.313. The third-order valence-electron chi connectivity index (χ3n) is 8.53. The molecule has 0 saturated carbocycles. The fraction of sp³-hybridized carbons (Fsp3) is 0.378. The number of likely N-dealkylation sites (N-methyl/N-ethyl adjacent to an activating group) is 1. The molecule has 1 aromatic heterocycles. The maximum absolute atomic E-state index is 14.1. The quantitative estimate of drug-likeness (QED) is 0.163. The Morgan fingerprint density at radius 1 is 0.938 bits per heavy atom. The molecule has 0 aliphatic carbocycles. The Morgan fingerprint density at radius 2 is 1.71 bits per heavy atom. The average Bonchev–Trinajstić information content (AvgIpc) is 3.11. The van der Waals surface area contributed by atoms with Gasteiger partial charge in [0.25, 0.3) is 0 Å². The highest BCUT2D eigenvalue weighted by molar-refractivity contribution is 5.89. The predicted molar refractivity (Wildman–Crippen MR) is 188 cm³/mol. The first-order chi connectivity index (χ1) is 23.4. The second-order valence-corrected chi connectivity index (χ2v) is 11.9. The van der Waals surface area contributed by atoms with Crippen molar-refractivity contribution in [1.82, 2.24) is 19.8 Å². The van der Waals surface area contributed by atoms with Crippen LogP contribution in [-0.2, 0) is 0 Å². The number of nitrogens with zero attached hydrogens (tertiary/aromatic N) is 5. The zero-order valence-corrected chi connectivity index (χ0v) is 28.5. The number of aryl methyl sites for hydroxylation is 2. The molecule has 1 saturated heterocycles. The van der Waals surface area contributed by atoms with Crippen LogP contribution in [0.25, 0.3) is 0 Å². The van der Waals surface area contributed by atoms with Crippen LogP contribution in [0.1, 0.15) is 29.2 Å². The Balaban J connectivity index is 1.36. The van der Waals surface area contributed by atoms with Gasteiger partial charge in [0, 0.05) is 57.2 Å². The van der Waals surface area contributed by atoms with Crippen molar-refractivity contribution in [1.29, 1.82) is 0 Å². The van der Waals surface area contributed by atoms with Crippen LogP contribution in [0.3, 0.4) is 0 Å². The van der Waals surface area contributed by atoms with Gasteiger partial charge in [-0.1, -0.05) is 30.3 Å². The van der Waals surface area contributed by atoms with Crippen molar-refractivity contribution in [2.75, 3.05) is 77.4 Å². The SMILES string of the molecule is COc1cccc([C@@H](CNc2ccc(OCCCN3CCN(C)CC3)c(OC)c2)N(C(=O)Oc2c(C)cccc2C)c2ccncn2)c1. The molecule has 0 bridgehead atoms. The van der Waals surface area contributed by atoms with Gasteiger partial charge in [0.1, 0.15) is 23.6 Å². The Kier molecular flexibility index (Phi) is 12.1. The number of anilines is 2. The third-order valence-corrected chi connectivity index (χ3v) is 8.53. The molecule has 5 rings (SSSR count). The van der Waals surface area contributed by atoms with Gasteiger partial charge in [-0.15, -0.1) is 0 Å². The van der Waals surface area contributed by atoms with Gasteiger partial charge in [-0.25, -0.2) is 14.8 Å². The van der Waals surface area contributed by atoms with Crippen LogP contribution in [0.2, 0.25) is 0 Å². The number of carbonyl (C=O) groups is 1. The number of para-hydroxylation sites is 1. The molecule has 11 nitrogen and oxygen atoms in total. The van der Waals surface area contributed by atoms with Gasteiger partial charge >= 0.3 is 6.09 Å². The zero-order chi connectivity index (χ0) is 33.9. The van der Waals surface area contributed by atoms with E-state index in [9.17, 15) is 4.79 Å². The molecule has 1 aliphatic rings. The fourth-order valence-corrected chi connectivity index (χ4v) is 5.76. The second kappa shape index (κ2) is 16.8. The summed E-state index contributed by atoms with van der Waals surface area (Å²) in [6.45, 7) is 10.1. The topological polar surface area (TPSA) is 102 Å². The Hall–Kier alpha value is -4.87. The number of rotatable bonds is 14. The molecule has 11 heteroatoms. The van der Waals surface area contributed by atoms with Gasteiger partial charge in [-0.3, -0.25) is 4.90 Å². The van der Waals surface area contributed by atoms with Gasteiger partial charge in [-0.2, -0.15) is 0 Å². The fourth-order valence-electron chi connectivity index (χ4n) is 5.76. The van der Waals surface area contributed by atoms with Crippen molar-refractivity contribution in [3.63, 3.8) is 0 Å². The molecule has 0 spiro atoms. The van der Waals surface area contributed by atoms with Crippen molar-refractivity contribution >= 4 is 17.6 Å². The number of benzene rings is 3. The number of piperazine rings is 1. The first-order valence-electron chi connectivity index (χ1n) is 16.3. The highest BCUT2D eigenvalue weighted by Crippen LogP contribution is 2.34. The van der Waals surface area contributed by atoms with E-state index in [1.54, 1.807) is 31.4 Å². The molecule has 3 aromatic carbocycles. The number of carbonyl (C=O) groups excluding carboxylic acids is 1. The Bertz CT molecular complexity index is 1610. The van der Waals surface area contributed by atoms with E-state index in [0.717, 1.165) is 61.5 Å². The molecule has 2 heterocycles. The van der Waals surface area contributed by atoms with Crippen molar-refractivity contribution in [2.45, 2.75) is 26.3 Å². The lowest BCUT2D eigenvalue weighted by molar-refractivity contribution is 0.145. The largest absolute Gasteiger partial charge is 0.497 e. The highest BCUT2D eigenvalue weighted by Gasteiger charge is 2.31. The lowest BCUT2D eigenvalue weighted by Crippen LogP contribution is -2.44. The first-order valence-corrected chi connectivity index (χ1v) is 16.3. The van der Waals surface area contributed by atoms with Crippen LogP contribution in [-0.4, -0.2) is 93.0 Å². The first kappa shape index (κ1) is 34.5. The van der Waals surface area contributed by atoms with E-state index in [1.165, 1.54) is 6.33 Å². The van der Waals surface area contributed by atoms with Crippen molar-refractivity contribution in [3.05, 3.63) is 95.9 Å². The molecule has 254 valence electrons. The minimum Gasteiger partial charge on any atom is -0.497 e. The monoisotopic (exact) mass is 654 g/mol. The molecule has 0 unspecified atom stereocenters. The number of nitrogens with one attached hydrogen (secondary N) is 1. The van der Waals surface area contributed by atoms with Gasteiger partial charge in [0.05, 0.1) is 26.9 Å². The van der Waals surface area contributed by atoms with E-state index in [0.29, 0.717) is 42.0 Å². The lowest BCUT2D eigenvalue weighted by atomic mass is 10.0. The molecule has 1 atom stereocenters. The number of amides is 1. The normalized spacial score (nSPS) is 14.2. The molecule has 1 N–H and O–H groups in total. The Morgan fingerprint density at radius 3 is 2.42 bits per heavy atom. The summed E-state index contributed by atoms with van der Waals surface area (Å²) in [6, 6.07) is 20.3. The second-order valence-electron chi connectivity index (χ2n) is 11.9. The summed E-state index contributed by atoms with van der Waals surface area (Å²) < 4.78 is 23.5. The van der Waals surface area contributed by atoms with E-state index in [4.69, 9.17) is 18.9 Å².